The second-order valence-electron chi connectivity index (χ2n) is 15.9. The zero-order valence-corrected chi connectivity index (χ0v) is 36.1. The number of rotatable bonds is 9. The van der Waals surface area contributed by atoms with Gasteiger partial charge in [-0.15, -0.1) is 0 Å². The van der Waals surface area contributed by atoms with Crippen LogP contribution < -0.4 is 20.9 Å². The van der Waals surface area contributed by atoms with E-state index < -0.39 is 5.97 Å². The molecule has 2 fully saturated rings. The lowest BCUT2D eigenvalue weighted by Gasteiger charge is -2.19. The number of nitrogens with zero attached hydrogens (tertiary/aromatic N) is 12. The largest absolute Gasteiger partial charge is 0.476 e. The molecule has 4 N–H and O–H groups in total. The number of carboxylic acid groups (broad SMARTS) is 1. The predicted octanol–water partition coefficient (Wildman–Crippen LogP) is 6.07. The van der Waals surface area contributed by atoms with Gasteiger partial charge in [-0.05, 0) is 85.8 Å². The number of carboxylic acids is 1. The van der Waals surface area contributed by atoms with Gasteiger partial charge in [0.1, 0.15) is 0 Å². The number of para-hydroxylation sites is 2. The van der Waals surface area contributed by atoms with Crippen LogP contribution in [0.2, 0.25) is 0 Å². The summed E-state index contributed by atoms with van der Waals surface area (Å²) < 4.78 is 7.34. The first-order valence-corrected chi connectivity index (χ1v) is 21.2. The summed E-state index contributed by atoms with van der Waals surface area (Å²) in [5, 5.41) is 29.4. The second-order valence-corrected chi connectivity index (χ2v) is 15.9. The highest BCUT2D eigenvalue weighted by Crippen LogP contribution is 2.27. The Morgan fingerprint density at radius 2 is 1.32 bits per heavy atom. The molecule has 2 atom stereocenters. The predicted molar refractivity (Wildman–Crippen MR) is 246 cm³/mol. The lowest BCUT2D eigenvalue weighted by Crippen LogP contribution is -2.37. The van der Waals surface area contributed by atoms with Crippen molar-refractivity contribution in [2.45, 2.75) is 51.7 Å². The highest BCUT2D eigenvalue weighted by Gasteiger charge is 2.28. The van der Waals surface area contributed by atoms with Crippen LogP contribution >= 0.6 is 0 Å². The van der Waals surface area contributed by atoms with Crippen LogP contribution in [0.1, 0.15) is 56.1 Å². The zero-order chi connectivity index (χ0) is 45.5. The molecule has 65 heavy (non-hydrogen) atoms. The van der Waals surface area contributed by atoms with Gasteiger partial charge < -0.3 is 39.6 Å². The van der Waals surface area contributed by atoms with Gasteiger partial charge in [-0.2, -0.15) is 15.5 Å². The van der Waals surface area contributed by atoms with E-state index in [1.165, 1.54) is 27.4 Å². The van der Waals surface area contributed by atoms with Gasteiger partial charge in [0.2, 0.25) is 6.54 Å². The van der Waals surface area contributed by atoms with Gasteiger partial charge >= 0.3 is 5.97 Å². The highest BCUT2D eigenvalue weighted by atomic mass is 16.4. The van der Waals surface area contributed by atoms with Gasteiger partial charge in [-0.3, -0.25) is 4.79 Å². The molecule has 328 valence electrons. The molecule has 8 aromatic rings. The minimum atomic E-state index is -1.06. The van der Waals surface area contributed by atoms with Gasteiger partial charge in [-0.25, -0.2) is 30.7 Å². The van der Waals surface area contributed by atoms with Gasteiger partial charge in [0.05, 0.1) is 40.5 Å². The molecule has 2 aromatic carbocycles. The van der Waals surface area contributed by atoms with Gasteiger partial charge in [0, 0.05) is 87.8 Å². The lowest BCUT2D eigenvalue weighted by atomic mass is 10.1. The Balaban J connectivity index is 0.000000147. The van der Waals surface area contributed by atoms with E-state index in [4.69, 9.17) is 22.7 Å². The molecular weight excluding hydrogens is 821 g/mol. The number of anilines is 2. The van der Waals surface area contributed by atoms with E-state index in [9.17, 15) is 9.59 Å². The van der Waals surface area contributed by atoms with Crippen molar-refractivity contribution < 1.29 is 14.7 Å². The molecule has 6 aromatic heterocycles. The van der Waals surface area contributed by atoms with Crippen molar-refractivity contribution in [1.82, 2.24) is 43.6 Å². The monoisotopic (exact) mass is 868 g/mol. The van der Waals surface area contributed by atoms with Gasteiger partial charge in [-0.1, -0.05) is 30.3 Å². The number of nitrogens with two attached hydrogens (primary N) is 1. The summed E-state index contributed by atoms with van der Waals surface area (Å²) in [4.78, 5) is 40.5. The van der Waals surface area contributed by atoms with Crippen LogP contribution in [0.15, 0.2) is 122 Å². The molecule has 10 rings (SSSR count). The fourth-order valence-electron chi connectivity index (χ4n) is 8.25. The first kappa shape index (κ1) is 43.4. The summed E-state index contributed by atoms with van der Waals surface area (Å²) in [5.41, 5.74) is 14.3. The number of aromatic carboxylic acids is 1. The molecule has 2 saturated heterocycles. The van der Waals surface area contributed by atoms with Crippen molar-refractivity contribution in [3.8, 4) is 17.4 Å². The average molecular weight is 869 g/mol. The number of fused-ring (bicyclic) bond motifs is 2. The Hall–Kier alpha value is -8.28. The Labute approximate surface area is 375 Å². The molecule has 0 spiro atoms. The highest BCUT2D eigenvalue weighted by molar-refractivity contribution is 5.92. The first-order valence-electron chi connectivity index (χ1n) is 21.2. The van der Waals surface area contributed by atoms with Crippen molar-refractivity contribution in [2.75, 3.05) is 36.0 Å². The Morgan fingerprint density at radius 1 is 0.769 bits per heavy atom. The zero-order valence-electron chi connectivity index (χ0n) is 36.1. The maximum atomic E-state index is 12.8. The Kier molecular flexibility index (Phi) is 12.9. The number of nitrogens with one attached hydrogen (secondary N) is 1. The molecule has 2 aliphatic heterocycles. The molecule has 2 aliphatic rings. The van der Waals surface area contributed by atoms with Crippen molar-refractivity contribution in [3.63, 3.8) is 0 Å². The number of carbonyl (C=O) groups excluding carboxylic acids is 1. The van der Waals surface area contributed by atoms with E-state index in [-0.39, 0.29) is 36.7 Å². The maximum Gasteiger partial charge on any atom is 0.356 e. The van der Waals surface area contributed by atoms with E-state index >= 15 is 0 Å². The van der Waals surface area contributed by atoms with Crippen molar-refractivity contribution >= 4 is 34.5 Å². The van der Waals surface area contributed by atoms with E-state index in [0.717, 1.165) is 72.1 Å². The molecule has 0 unspecified atom stereocenters. The van der Waals surface area contributed by atoms with Gasteiger partial charge in [0.25, 0.3) is 5.91 Å². The third kappa shape index (κ3) is 9.56. The Bertz CT molecular complexity index is 3060. The topological polar surface area (TPSA) is 197 Å². The third-order valence-electron chi connectivity index (χ3n) is 11.5. The fourth-order valence-corrected chi connectivity index (χ4v) is 8.25. The molecule has 0 saturated carbocycles. The van der Waals surface area contributed by atoms with E-state index in [1.54, 1.807) is 29.2 Å². The number of benzene rings is 2. The number of aryl methyl sites for hydroxylation is 2. The number of carbonyl (C=O) groups is 2. The van der Waals surface area contributed by atoms with Gasteiger partial charge in [0.15, 0.2) is 23.0 Å². The molecule has 0 radical (unpaired) electrons. The van der Waals surface area contributed by atoms with Crippen LogP contribution in [0.3, 0.4) is 0 Å². The number of amides is 1. The van der Waals surface area contributed by atoms with Crippen LogP contribution in [0.25, 0.3) is 27.3 Å². The normalized spacial score (nSPS) is 15.5. The van der Waals surface area contributed by atoms with Crippen molar-refractivity contribution in [3.05, 3.63) is 167 Å². The first-order chi connectivity index (χ1) is 31.6. The second kappa shape index (κ2) is 19.4. The van der Waals surface area contributed by atoms with E-state index in [2.05, 4.69) is 87.2 Å². The SMILES string of the molecule is Cc1ccn2ccnc(N3CC[C@H](N)C3)c12.Cc1ccn2ccnc(N3CC[C@H](NC(=O)c4ccn(-c5ccccc5CC#N)n4)C3)c12.[C-]#[N+]Cc1ccccc1-n1ccc(C(=O)O)n1. The number of hydrogen-bond acceptors (Lipinski definition) is 10. The molecule has 17 heteroatoms. The standard InChI is InChI=1S/C24H23N7O.C12H16N4.C12H9N3O2/c1-17-7-12-29-15-11-26-23(22(17)29)30-13-8-19(16-30)27-24(32)20-9-14-31(28-20)21-5-3-2-4-18(21)6-10-25;1-9-2-5-15-7-4-14-12(11(9)15)16-6-3-10(13)8-16;1-13-8-9-4-2-3-5-11(9)15-7-6-10(14-15)12(16)17/h2-5,7,9,11-12,14-15,19H,6,8,13,16H2,1H3,(H,27,32);2,4-5,7,10H,3,6,8,13H2,1H3;2-7H,8H2,(H,16,17)/t19-;10-;/m00./s1. The van der Waals surface area contributed by atoms with Crippen molar-refractivity contribution in [2.24, 2.45) is 5.73 Å². The van der Waals surface area contributed by atoms with E-state index in [0.29, 0.717) is 12.2 Å². The summed E-state index contributed by atoms with van der Waals surface area (Å²) >= 11 is 0. The number of nitriles is 1. The smallest absolute Gasteiger partial charge is 0.356 e. The molecular formula is C48H48N14O3. The van der Waals surface area contributed by atoms with Crippen LogP contribution in [-0.2, 0) is 13.0 Å². The Morgan fingerprint density at radius 3 is 1.89 bits per heavy atom. The summed E-state index contributed by atoms with van der Waals surface area (Å²) in [6.07, 6.45) is 17.2. The minimum absolute atomic E-state index is 0.0115. The van der Waals surface area contributed by atoms with Crippen LogP contribution in [-0.4, -0.2) is 93.6 Å². The minimum Gasteiger partial charge on any atom is -0.476 e. The van der Waals surface area contributed by atoms with Crippen LogP contribution in [0, 0.1) is 31.8 Å². The fraction of sp³-hybridized carbons (Fsp3) is 0.250. The summed E-state index contributed by atoms with van der Waals surface area (Å²) in [7, 11) is 0. The number of aromatic nitrogens is 8. The summed E-state index contributed by atoms with van der Waals surface area (Å²) in [6, 6.07) is 24.7. The van der Waals surface area contributed by atoms with Crippen molar-refractivity contribution in [1.29, 1.82) is 5.26 Å². The average Bonchev–Trinajstić information content (AvgIpc) is 4.19. The molecule has 0 bridgehead atoms. The number of hydrogen-bond donors (Lipinski definition) is 3. The molecule has 0 aliphatic carbocycles. The quantitative estimate of drug-likeness (QED) is 0.142. The molecule has 1 amide bonds. The van der Waals surface area contributed by atoms with Crippen LogP contribution in [0.5, 0.6) is 0 Å². The summed E-state index contributed by atoms with van der Waals surface area (Å²) in [6.45, 7) is 14.8. The summed E-state index contributed by atoms with van der Waals surface area (Å²) in [5.74, 6) is 0.757. The molecule has 8 heterocycles. The maximum absolute atomic E-state index is 12.8. The lowest BCUT2D eigenvalue weighted by molar-refractivity contribution is 0.0689. The third-order valence-corrected chi connectivity index (χ3v) is 11.5. The molecule has 17 nitrogen and oxygen atoms in total. The van der Waals surface area contributed by atoms with Crippen LogP contribution in [0.4, 0.5) is 11.6 Å². The van der Waals surface area contributed by atoms with E-state index in [1.807, 2.05) is 73.4 Å².